The van der Waals surface area contributed by atoms with Crippen LogP contribution in [0.15, 0.2) is 42.7 Å². The Morgan fingerprint density at radius 3 is 2.77 bits per heavy atom. The summed E-state index contributed by atoms with van der Waals surface area (Å²) < 4.78 is 2.18. The molecule has 1 unspecified atom stereocenters. The molecule has 162 valence electrons. The van der Waals surface area contributed by atoms with E-state index in [0.29, 0.717) is 30.6 Å². The van der Waals surface area contributed by atoms with Crippen LogP contribution >= 0.6 is 0 Å². The molecule has 2 aromatic heterocycles. The van der Waals surface area contributed by atoms with E-state index >= 15 is 0 Å². The van der Waals surface area contributed by atoms with Gasteiger partial charge in [-0.05, 0) is 51.0 Å². The minimum Gasteiger partial charge on any atom is -0.364 e. The lowest BCUT2D eigenvalue weighted by molar-refractivity contribution is 0.410. The first-order valence-corrected chi connectivity index (χ1v) is 11.4. The van der Waals surface area contributed by atoms with Gasteiger partial charge in [-0.3, -0.25) is 0 Å². The van der Waals surface area contributed by atoms with Gasteiger partial charge in [0.05, 0.1) is 12.4 Å². The maximum absolute atomic E-state index is 6.08. The zero-order valence-corrected chi connectivity index (χ0v) is 18.1. The second-order valence-electron chi connectivity index (χ2n) is 8.89. The number of hydrogen-bond acceptors (Lipinski definition) is 6. The van der Waals surface area contributed by atoms with E-state index in [9.17, 15) is 0 Å². The summed E-state index contributed by atoms with van der Waals surface area (Å²) in [5.74, 6) is 1.45. The van der Waals surface area contributed by atoms with Gasteiger partial charge in [0.2, 0.25) is 5.95 Å². The monoisotopic (exact) mass is 417 g/mol. The van der Waals surface area contributed by atoms with Crippen molar-refractivity contribution in [2.75, 3.05) is 10.6 Å². The number of aromatic nitrogens is 4. The minimum absolute atomic E-state index is 0.310. The Bertz CT molecular complexity index is 1080. The van der Waals surface area contributed by atoms with Gasteiger partial charge in [-0.1, -0.05) is 42.0 Å². The van der Waals surface area contributed by atoms with Crippen LogP contribution in [0.25, 0.3) is 11.2 Å². The number of imidazole rings is 1. The van der Waals surface area contributed by atoms with E-state index in [1.807, 2.05) is 6.33 Å². The van der Waals surface area contributed by atoms with Gasteiger partial charge in [0.25, 0.3) is 0 Å². The molecule has 7 heteroatoms. The number of nitrogens with one attached hydrogen (secondary N) is 2. The van der Waals surface area contributed by atoms with Crippen LogP contribution in [0.4, 0.5) is 11.8 Å². The molecule has 4 N–H and O–H groups in total. The molecule has 1 fully saturated rings. The molecule has 0 radical (unpaired) electrons. The first-order chi connectivity index (χ1) is 15.2. The van der Waals surface area contributed by atoms with Crippen molar-refractivity contribution >= 4 is 22.9 Å². The number of allylic oxidation sites excluding steroid dienone is 2. The van der Waals surface area contributed by atoms with Crippen LogP contribution in [-0.4, -0.2) is 31.6 Å². The quantitative estimate of drug-likeness (QED) is 0.517. The van der Waals surface area contributed by atoms with Crippen LogP contribution in [0.3, 0.4) is 0 Å². The number of nitrogens with two attached hydrogens (primary N) is 1. The molecule has 7 nitrogen and oxygen atoms in total. The van der Waals surface area contributed by atoms with Crippen molar-refractivity contribution in [1.82, 2.24) is 19.5 Å². The molecule has 2 heterocycles. The number of aryl methyl sites for hydroxylation is 1. The summed E-state index contributed by atoms with van der Waals surface area (Å²) >= 11 is 0. The van der Waals surface area contributed by atoms with Crippen molar-refractivity contribution in [1.29, 1.82) is 0 Å². The first kappa shape index (κ1) is 20.0. The van der Waals surface area contributed by atoms with E-state index in [1.165, 1.54) is 11.1 Å². The number of hydrogen-bond donors (Lipinski definition) is 3. The van der Waals surface area contributed by atoms with Crippen molar-refractivity contribution in [3.8, 4) is 0 Å². The molecule has 0 aliphatic heterocycles. The smallest absolute Gasteiger partial charge is 0.227 e. The third-order valence-electron chi connectivity index (χ3n) is 6.41. The Morgan fingerprint density at radius 2 is 2.00 bits per heavy atom. The summed E-state index contributed by atoms with van der Waals surface area (Å²) in [6, 6.07) is 9.52. The van der Waals surface area contributed by atoms with Gasteiger partial charge in [0.15, 0.2) is 17.0 Å². The Balaban J connectivity index is 1.45. The summed E-state index contributed by atoms with van der Waals surface area (Å²) in [4.78, 5) is 14.4. The third-order valence-corrected chi connectivity index (χ3v) is 6.41. The SMILES string of the molecule is Cc1cccc(CNc2nc(NC3CCC(N)CC3)nc3c2ncn3C2C=CCC2)c1. The van der Waals surface area contributed by atoms with Gasteiger partial charge in [0, 0.05) is 18.6 Å². The molecule has 5 rings (SSSR count). The standard InChI is InChI=1S/C24H31N7/c1-16-5-4-6-17(13-16)14-26-22-21-23(31(15-27-21)20-7-2-3-8-20)30-24(29-22)28-19-11-9-18(25)10-12-19/h2,4-7,13,15,18-20H,3,8-12,14,25H2,1H3,(H2,26,28,29,30). The highest BCUT2D eigenvalue weighted by atomic mass is 15.2. The summed E-state index contributed by atoms with van der Waals surface area (Å²) in [5.41, 5.74) is 10.3. The maximum Gasteiger partial charge on any atom is 0.227 e. The molecule has 2 aliphatic carbocycles. The van der Waals surface area contributed by atoms with Gasteiger partial charge in [-0.2, -0.15) is 9.97 Å². The van der Waals surface area contributed by atoms with E-state index in [2.05, 4.69) is 63.5 Å². The molecule has 0 bridgehead atoms. The number of nitrogens with zero attached hydrogens (tertiary/aromatic N) is 4. The molecule has 1 aromatic carbocycles. The van der Waals surface area contributed by atoms with E-state index in [0.717, 1.165) is 55.5 Å². The lowest BCUT2D eigenvalue weighted by Crippen LogP contribution is -2.33. The van der Waals surface area contributed by atoms with Gasteiger partial charge in [-0.15, -0.1) is 0 Å². The van der Waals surface area contributed by atoms with E-state index in [1.54, 1.807) is 0 Å². The highest BCUT2D eigenvalue weighted by Gasteiger charge is 2.22. The van der Waals surface area contributed by atoms with Crippen molar-refractivity contribution in [3.63, 3.8) is 0 Å². The van der Waals surface area contributed by atoms with E-state index in [4.69, 9.17) is 15.7 Å². The Hall–Kier alpha value is -2.93. The van der Waals surface area contributed by atoms with Crippen LogP contribution < -0.4 is 16.4 Å². The molecule has 1 saturated carbocycles. The van der Waals surface area contributed by atoms with Crippen LogP contribution in [0, 0.1) is 6.92 Å². The fourth-order valence-electron chi connectivity index (χ4n) is 4.65. The number of rotatable bonds is 6. The second-order valence-corrected chi connectivity index (χ2v) is 8.89. The van der Waals surface area contributed by atoms with Crippen molar-refractivity contribution in [3.05, 3.63) is 53.9 Å². The van der Waals surface area contributed by atoms with Crippen LogP contribution in [0.1, 0.15) is 55.7 Å². The van der Waals surface area contributed by atoms with Crippen LogP contribution in [0.5, 0.6) is 0 Å². The number of benzene rings is 1. The lowest BCUT2D eigenvalue weighted by atomic mass is 9.92. The Labute approximate surface area is 183 Å². The Morgan fingerprint density at radius 1 is 1.13 bits per heavy atom. The lowest BCUT2D eigenvalue weighted by Gasteiger charge is -2.27. The van der Waals surface area contributed by atoms with E-state index in [-0.39, 0.29) is 0 Å². The largest absolute Gasteiger partial charge is 0.364 e. The highest BCUT2D eigenvalue weighted by Crippen LogP contribution is 2.30. The zero-order chi connectivity index (χ0) is 21.2. The normalized spacial score (nSPS) is 23.4. The van der Waals surface area contributed by atoms with Crippen LogP contribution in [-0.2, 0) is 6.54 Å². The predicted octanol–water partition coefficient (Wildman–Crippen LogP) is 4.32. The molecule has 3 aromatic rings. The molecule has 1 atom stereocenters. The average molecular weight is 418 g/mol. The van der Waals surface area contributed by atoms with Gasteiger partial charge in [-0.25, -0.2) is 4.98 Å². The summed E-state index contributed by atoms with van der Waals surface area (Å²) in [5, 5.41) is 7.09. The second kappa shape index (κ2) is 8.67. The molecule has 0 spiro atoms. The summed E-state index contributed by atoms with van der Waals surface area (Å²) in [6.07, 6.45) is 12.8. The minimum atomic E-state index is 0.310. The van der Waals surface area contributed by atoms with Crippen molar-refractivity contribution in [2.45, 2.75) is 70.1 Å². The summed E-state index contributed by atoms with van der Waals surface area (Å²) in [7, 11) is 0. The van der Waals surface area contributed by atoms with Gasteiger partial charge in [0.1, 0.15) is 0 Å². The summed E-state index contributed by atoms with van der Waals surface area (Å²) in [6.45, 7) is 2.81. The van der Waals surface area contributed by atoms with Gasteiger partial charge >= 0.3 is 0 Å². The predicted molar refractivity (Wildman–Crippen MR) is 125 cm³/mol. The van der Waals surface area contributed by atoms with E-state index < -0.39 is 0 Å². The topological polar surface area (TPSA) is 93.7 Å². The molecule has 0 saturated heterocycles. The molecular weight excluding hydrogens is 386 g/mol. The fourth-order valence-corrected chi connectivity index (χ4v) is 4.65. The first-order valence-electron chi connectivity index (χ1n) is 11.4. The average Bonchev–Trinajstić information content (AvgIpc) is 3.43. The molecule has 2 aliphatic rings. The van der Waals surface area contributed by atoms with Crippen LogP contribution in [0.2, 0.25) is 0 Å². The third kappa shape index (κ3) is 4.42. The molecule has 0 amide bonds. The van der Waals surface area contributed by atoms with Crippen molar-refractivity contribution < 1.29 is 0 Å². The highest BCUT2D eigenvalue weighted by molar-refractivity contribution is 5.84. The number of anilines is 2. The van der Waals surface area contributed by atoms with Crippen molar-refractivity contribution in [2.24, 2.45) is 5.73 Å². The fraction of sp³-hybridized carbons (Fsp3) is 0.458. The Kier molecular flexibility index (Phi) is 5.59. The maximum atomic E-state index is 6.08. The molecule has 31 heavy (non-hydrogen) atoms. The number of fused-ring (bicyclic) bond motifs is 1. The zero-order valence-electron chi connectivity index (χ0n) is 18.1. The molecular formula is C24H31N7. The van der Waals surface area contributed by atoms with Gasteiger partial charge < -0.3 is 20.9 Å².